The summed E-state index contributed by atoms with van der Waals surface area (Å²) in [7, 11) is 4.34. The summed E-state index contributed by atoms with van der Waals surface area (Å²) in [5, 5.41) is 0.937. The van der Waals surface area contributed by atoms with Gasteiger partial charge < -0.3 is 9.80 Å². The molecule has 0 N–H and O–H groups in total. The van der Waals surface area contributed by atoms with E-state index in [1.54, 1.807) is 0 Å². The smallest absolute Gasteiger partial charge is 0.0407 e. The Morgan fingerprint density at radius 1 is 1.38 bits per heavy atom. The van der Waals surface area contributed by atoms with Crippen LogP contribution in [0.4, 0.5) is 5.69 Å². The molecule has 88 valence electrons. The normalized spacial score (nSPS) is 20.8. The SMILES string of the molecule is CN(C)C1CCN(c2ccccc2CBr)C1. The van der Waals surface area contributed by atoms with Crippen LogP contribution in [0.2, 0.25) is 0 Å². The van der Waals surface area contributed by atoms with Gasteiger partial charge in [-0.15, -0.1) is 0 Å². The van der Waals surface area contributed by atoms with E-state index in [-0.39, 0.29) is 0 Å². The zero-order chi connectivity index (χ0) is 11.5. The molecule has 2 rings (SSSR count). The molecule has 0 aromatic heterocycles. The minimum absolute atomic E-state index is 0.698. The Bertz CT molecular complexity index is 352. The van der Waals surface area contributed by atoms with E-state index >= 15 is 0 Å². The largest absolute Gasteiger partial charge is 0.370 e. The Morgan fingerprint density at radius 3 is 2.75 bits per heavy atom. The lowest BCUT2D eigenvalue weighted by molar-refractivity contribution is 0.315. The van der Waals surface area contributed by atoms with Gasteiger partial charge >= 0.3 is 0 Å². The molecule has 1 heterocycles. The van der Waals surface area contributed by atoms with E-state index < -0.39 is 0 Å². The van der Waals surface area contributed by atoms with Gasteiger partial charge in [0.25, 0.3) is 0 Å². The first kappa shape index (κ1) is 11.9. The minimum Gasteiger partial charge on any atom is -0.370 e. The standard InChI is InChI=1S/C13H19BrN2/c1-15(2)12-7-8-16(10-12)13-6-4-3-5-11(13)9-14/h3-6,12H,7-10H2,1-2H3. The Morgan fingerprint density at radius 2 is 2.12 bits per heavy atom. The fourth-order valence-electron chi connectivity index (χ4n) is 2.31. The summed E-state index contributed by atoms with van der Waals surface area (Å²) in [6.07, 6.45) is 1.27. The van der Waals surface area contributed by atoms with Crippen LogP contribution in [0.5, 0.6) is 0 Å². The Balaban J connectivity index is 2.14. The summed E-state index contributed by atoms with van der Waals surface area (Å²) in [6, 6.07) is 9.37. The van der Waals surface area contributed by atoms with Crippen molar-refractivity contribution in [2.45, 2.75) is 17.8 Å². The molecule has 1 fully saturated rings. The maximum atomic E-state index is 3.56. The molecule has 1 saturated heterocycles. The maximum absolute atomic E-state index is 3.56. The highest BCUT2D eigenvalue weighted by atomic mass is 79.9. The second kappa shape index (κ2) is 5.19. The third-order valence-electron chi connectivity index (χ3n) is 3.37. The van der Waals surface area contributed by atoms with E-state index in [1.165, 1.54) is 24.2 Å². The van der Waals surface area contributed by atoms with Crippen LogP contribution in [0.25, 0.3) is 0 Å². The molecule has 0 amide bonds. The summed E-state index contributed by atoms with van der Waals surface area (Å²) in [5.41, 5.74) is 2.78. The molecule has 1 aromatic rings. The highest BCUT2D eigenvalue weighted by molar-refractivity contribution is 9.08. The van der Waals surface area contributed by atoms with Crippen LogP contribution < -0.4 is 4.90 Å². The molecule has 1 aliphatic heterocycles. The zero-order valence-corrected chi connectivity index (χ0v) is 11.6. The van der Waals surface area contributed by atoms with Gasteiger partial charge in [0.05, 0.1) is 0 Å². The number of hydrogen-bond acceptors (Lipinski definition) is 2. The molecule has 0 saturated carbocycles. The second-order valence-corrected chi connectivity index (χ2v) is 5.18. The Labute approximate surface area is 106 Å². The van der Waals surface area contributed by atoms with Crippen LogP contribution in [0.1, 0.15) is 12.0 Å². The molecule has 1 atom stereocenters. The minimum atomic E-state index is 0.698. The zero-order valence-electron chi connectivity index (χ0n) is 9.99. The quantitative estimate of drug-likeness (QED) is 0.787. The number of rotatable bonds is 3. The molecule has 0 aliphatic carbocycles. The number of anilines is 1. The molecule has 16 heavy (non-hydrogen) atoms. The van der Waals surface area contributed by atoms with E-state index in [4.69, 9.17) is 0 Å². The molecule has 1 aromatic carbocycles. The highest BCUT2D eigenvalue weighted by Crippen LogP contribution is 2.27. The van der Waals surface area contributed by atoms with Crippen molar-refractivity contribution < 1.29 is 0 Å². The first-order chi connectivity index (χ1) is 7.72. The number of likely N-dealkylation sites (N-methyl/N-ethyl adjacent to an activating group) is 1. The lowest BCUT2D eigenvalue weighted by atomic mass is 10.2. The highest BCUT2D eigenvalue weighted by Gasteiger charge is 2.24. The number of alkyl halides is 1. The number of halogens is 1. The average molecular weight is 283 g/mol. The predicted molar refractivity (Wildman–Crippen MR) is 73.4 cm³/mol. The van der Waals surface area contributed by atoms with Gasteiger partial charge in [-0.25, -0.2) is 0 Å². The van der Waals surface area contributed by atoms with Crippen molar-refractivity contribution >= 4 is 21.6 Å². The van der Waals surface area contributed by atoms with Gasteiger partial charge in [0, 0.05) is 30.1 Å². The van der Waals surface area contributed by atoms with E-state index in [0.717, 1.165) is 11.9 Å². The molecule has 3 heteroatoms. The van der Waals surface area contributed by atoms with Crippen molar-refractivity contribution in [2.75, 3.05) is 32.1 Å². The van der Waals surface area contributed by atoms with Crippen LogP contribution >= 0.6 is 15.9 Å². The molecule has 0 bridgehead atoms. The van der Waals surface area contributed by atoms with Crippen molar-refractivity contribution in [3.8, 4) is 0 Å². The topological polar surface area (TPSA) is 6.48 Å². The fourth-order valence-corrected chi connectivity index (χ4v) is 2.79. The van der Waals surface area contributed by atoms with Gasteiger partial charge in [-0.3, -0.25) is 0 Å². The van der Waals surface area contributed by atoms with Gasteiger partial charge in [-0.05, 0) is 32.1 Å². The van der Waals surface area contributed by atoms with Crippen LogP contribution in [-0.4, -0.2) is 38.1 Å². The first-order valence-corrected chi connectivity index (χ1v) is 6.89. The lowest BCUT2D eigenvalue weighted by Gasteiger charge is -2.23. The van der Waals surface area contributed by atoms with Gasteiger partial charge in [-0.1, -0.05) is 34.1 Å². The van der Waals surface area contributed by atoms with E-state index in [0.29, 0.717) is 6.04 Å². The van der Waals surface area contributed by atoms with E-state index in [1.807, 2.05) is 0 Å². The molecule has 1 unspecified atom stereocenters. The van der Waals surface area contributed by atoms with Crippen molar-refractivity contribution in [3.05, 3.63) is 29.8 Å². The monoisotopic (exact) mass is 282 g/mol. The van der Waals surface area contributed by atoms with Crippen molar-refractivity contribution in [1.29, 1.82) is 0 Å². The van der Waals surface area contributed by atoms with Crippen LogP contribution in [-0.2, 0) is 5.33 Å². The van der Waals surface area contributed by atoms with Crippen molar-refractivity contribution in [1.82, 2.24) is 4.90 Å². The number of benzene rings is 1. The molecule has 1 aliphatic rings. The predicted octanol–water partition coefficient (Wildman–Crippen LogP) is 2.72. The fraction of sp³-hybridized carbons (Fsp3) is 0.538. The van der Waals surface area contributed by atoms with Crippen molar-refractivity contribution in [3.63, 3.8) is 0 Å². The van der Waals surface area contributed by atoms with E-state index in [2.05, 4.69) is 64.1 Å². The summed E-state index contributed by atoms with van der Waals surface area (Å²) in [5.74, 6) is 0. The van der Waals surface area contributed by atoms with Crippen LogP contribution in [0.3, 0.4) is 0 Å². The van der Waals surface area contributed by atoms with Crippen molar-refractivity contribution in [2.24, 2.45) is 0 Å². The molecule has 0 radical (unpaired) electrons. The number of para-hydroxylation sites is 1. The van der Waals surface area contributed by atoms with Gasteiger partial charge in [-0.2, -0.15) is 0 Å². The third-order valence-corrected chi connectivity index (χ3v) is 3.97. The maximum Gasteiger partial charge on any atom is 0.0407 e. The summed E-state index contributed by atoms with van der Waals surface area (Å²) >= 11 is 3.56. The first-order valence-electron chi connectivity index (χ1n) is 5.77. The lowest BCUT2D eigenvalue weighted by Crippen LogP contribution is -2.31. The Kier molecular flexibility index (Phi) is 3.87. The van der Waals surface area contributed by atoms with Gasteiger partial charge in [0.1, 0.15) is 0 Å². The molecular weight excluding hydrogens is 264 g/mol. The van der Waals surface area contributed by atoms with Gasteiger partial charge in [0.2, 0.25) is 0 Å². The molecular formula is C13H19BrN2. The van der Waals surface area contributed by atoms with E-state index in [9.17, 15) is 0 Å². The molecule has 2 nitrogen and oxygen atoms in total. The number of hydrogen-bond donors (Lipinski definition) is 0. The van der Waals surface area contributed by atoms with Crippen LogP contribution in [0, 0.1) is 0 Å². The summed E-state index contributed by atoms with van der Waals surface area (Å²) in [6.45, 7) is 2.32. The second-order valence-electron chi connectivity index (χ2n) is 4.61. The average Bonchev–Trinajstić information content (AvgIpc) is 2.78. The van der Waals surface area contributed by atoms with Gasteiger partial charge in [0.15, 0.2) is 0 Å². The summed E-state index contributed by atoms with van der Waals surface area (Å²) < 4.78 is 0. The Hall–Kier alpha value is -0.540. The summed E-state index contributed by atoms with van der Waals surface area (Å²) in [4.78, 5) is 4.83. The third kappa shape index (κ3) is 2.41. The van der Waals surface area contributed by atoms with Crippen LogP contribution in [0.15, 0.2) is 24.3 Å². The number of nitrogens with zero attached hydrogens (tertiary/aromatic N) is 2. The molecule has 0 spiro atoms.